The van der Waals surface area contributed by atoms with E-state index in [-0.39, 0.29) is 17.6 Å². The first kappa shape index (κ1) is 19.5. The second-order valence-electron chi connectivity index (χ2n) is 4.91. The van der Waals surface area contributed by atoms with Crippen LogP contribution in [0, 0.1) is 0 Å². The first-order valence-corrected chi connectivity index (χ1v) is 6.49. The molecule has 6 nitrogen and oxygen atoms in total. The summed E-state index contributed by atoms with van der Waals surface area (Å²) >= 11 is 0. The lowest BCUT2D eigenvalue weighted by atomic mass is 10.3. The van der Waals surface area contributed by atoms with Crippen LogP contribution in [0.1, 0.15) is 6.92 Å². The van der Waals surface area contributed by atoms with Gasteiger partial charge in [-0.05, 0) is 24.3 Å². The molecule has 24 heavy (non-hydrogen) atoms. The van der Waals surface area contributed by atoms with E-state index in [1.165, 1.54) is 19.2 Å². The van der Waals surface area contributed by atoms with Gasteiger partial charge >= 0.3 is 6.36 Å². The SMILES string of the molecule is CN(CC(C)(F)F)/C(N)=N/C(N)=Nc1ccc(OC(F)(F)F)cc1. The molecule has 0 fully saturated rings. The van der Waals surface area contributed by atoms with Crippen molar-refractivity contribution < 1.29 is 26.7 Å². The molecule has 0 unspecified atom stereocenters. The van der Waals surface area contributed by atoms with Crippen molar-refractivity contribution in [2.75, 3.05) is 13.6 Å². The van der Waals surface area contributed by atoms with Gasteiger partial charge in [0, 0.05) is 14.0 Å². The smallest absolute Gasteiger partial charge is 0.406 e. The number of nitrogens with two attached hydrogens (primary N) is 2. The van der Waals surface area contributed by atoms with E-state index in [1.807, 2.05) is 0 Å². The van der Waals surface area contributed by atoms with Crippen molar-refractivity contribution in [3.05, 3.63) is 24.3 Å². The van der Waals surface area contributed by atoms with Gasteiger partial charge in [0.1, 0.15) is 5.75 Å². The Hall–Kier alpha value is -2.59. The van der Waals surface area contributed by atoms with E-state index < -0.39 is 24.6 Å². The summed E-state index contributed by atoms with van der Waals surface area (Å²) in [5.74, 6) is -4.03. The molecule has 0 spiro atoms. The van der Waals surface area contributed by atoms with Gasteiger partial charge in [-0.25, -0.2) is 13.8 Å². The first-order chi connectivity index (χ1) is 10.9. The minimum atomic E-state index is -4.80. The van der Waals surface area contributed by atoms with Crippen molar-refractivity contribution >= 4 is 17.6 Å². The third kappa shape index (κ3) is 7.61. The number of ether oxygens (including phenoxy) is 1. The Balaban J connectivity index is 2.80. The normalized spacial score (nSPS) is 13.8. The van der Waals surface area contributed by atoms with E-state index in [0.29, 0.717) is 0 Å². The summed E-state index contributed by atoms with van der Waals surface area (Å²) in [4.78, 5) is 8.42. The number of hydrogen-bond acceptors (Lipinski definition) is 2. The van der Waals surface area contributed by atoms with Gasteiger partial charge in [-0.2, -0.15) is 4.99 Å². The van der Waals surface area contributed by atoms with Crippen LogP contribution in [0.2, 0.25) is 0 Å². The van der Waals surface area contributed by atoms with Crippen LogP contribution < -0.4 is 16.2 Å². The van der Waals surface area contributed by atoms with Gasteiger partial charge in [0.05, 0.1) is 12.2 Å². The van der Waals surface area contributed by atoms with Gasteiger partial charge in [0.15, 0.2) is 5.96 Å². The molecule has 0 radical (unpaired) electrons. The third-order valence-corrected chi connectivity index (χ3v) is 2.45. The molecule has 0 atom stereocenters. The molecular weight excluding hydrogens is 337 g/mol. The maximum atomic E-state index is 12.9. The van der Waals surface area contributed by atoms with Gasteiger partial charge < -0.3 is 21.1 Å². The highest BCUT2D eigenvalue weighted by Crippen LogP contribution is 2.24. The lowest BCUT2D eigenvalue weighted by molar-refractivity contribution is -0.274. The molecule has 0 aliphatic heterocycles. The summed E-state index contributed by atoms with van der Waals surface area (Å²) < 4.78 is 65.5. The quantitative estimate of drug-likeness (QED) is 0.494. The predicted octanol–water partition coefficient (Wildman–Crippen LogP) is 2.43. The second kappa shape index (κ2) is 7.32. The van der Waals surface area contributed by atoms with Crippen molar-refractivity contribution in [3.8, 4) is 5.75 Å². The number of benzene rings is 1. The van der Waals surface area contributed by atoms with Crippen molar-refractivity contribution in [2.45, 2.75) is 19.2 Å². The van der Waals surface area contributed by atoms with Crippen LogP contribution in [0.25, 0.3) is 0 Å². The Labute approximate surface area is 134 Å². The largest absolute Gasteiger partial charge is 0.573 e. The summed E-state index contributed by atoms with van der Waals surface area (Å²) in [6.07, 6.45) is -4.80. The number of halogens is 5. The molecule has 0 heterocycles. The highest BCUT2D eigenvalue weighted by Gasteiger charge is 2.31. The van der Waals surface area contributed by atoms with Gasteiger partial charge in [-0.3, -0.25) is 0 Å². The first-order valence-electron chi connectivity index (χ1n) is 6.49. The third-order valence-electron chi connectivity index (χ3n) is 2.45. The zero-order chi connectivity index (χ0) is 18.5. The molecule has 134 valence electrons. The van der Waals surface area contributed by atoms with Crippen molar-refractivity contribution in [1.29, 1.82) is 0 Å². The Morgan fingerprint density at radius 2 is 1.67 bits per heavy atom. The molecule has 4 N–H and O–H groups in total. The zero-order valence-electron chi connectivity index (χ0n) is 12.8. The van der Waals surface area contributed by atoms with Crippen LogP contribution in [-0.2, 0) is 0 Å². The van der Waals surface area contributed by atoms with Crippen LogP contribution in [0.3, 0.4) is 0 Å². The molecule has 0 saturated carbocycles. The summed E-state index contributed by atoms with van der Waals surface area (Å²) in [6, 6.07) is 4.50. The maximum absolute atomic E-state index is 12.9. The standard InChI is InChI=1S/C13H16F5N5O/c1-12(14,15)7-23(2)11(20)22-10(19)21-8-3-5-9(6-4-8)24-13(16,17)18/h3-6H,7H2,1-2H3,(H4,19,20,21,22). The number of hydrogen-bond donors (Lipinski definition) is 2. The monoisotopic (exact) mass is 353 g/mol. The van der Waals surface area contributed by atoms with Crippen LogP contribution in [-0.4, -0.2) is 42.7 Å². The number of alkyl halides is 5. The van der Waals surface area contributed by atoms with Crippen molar-refractivity contribution in [3.63, 3.8) is 0 Å². The fourth-order valence-electron chi connectivity index (χ4n) is 1.58. The van der Waals surface area contributed by atoms with E-state index in [2.05, 4.69) is 14.7 Å². The Morgan fingerprint density at radius 3 is 2.12 bits per heavy atom. The van der Waals surface area contributed by atoms with Crippen LogP contribution in [0.5, 0.6) is 5.75 Å². The van der Waals surface area contributed by atoms with E-state index in [9.17, 15) is 22.0 Å². The molecule has 11 heteroatoms. The summed E-state index contributed by atoms with van der Waals surface area (Å²) in [5.41, 5.74) is 11.2. The number of nitrogens with zero attached hydrogens (tertiary/aromatic N) is 3. The molecule has 0 saturated heterocycles. The summed E-state index contributed by atoms with van der Waals surface area (Å²) in [7, 11) is 1.30. The molecule has 0 aromatic heterocycles. The van der Waals surface area contributed by atoms with Crippen LogP contribution in [0.4, 0.5) is 27.6 Å². The minimum absolute atomic E-state index is 0.182. The fraction of sp³-hybridized carbons (Fsp3) is 0.385. The average molecular weight is 353 g/mol. The summed E-state index contributed by atoms with van der Waals surface area (Å²) in [6.45, 7) is 0.0535. The highest BCUT2D eigenvalue weighted by molar-refractivity contribution is 5.94. The number of rotatable bonds is 4. The summed E-state index contributed by atoms with van der Waals surface area (Å²) in [5, 5.41) is 0. The zero-order valence-corrected chi connectivity index (χ0v) is 12.8. The van der Waals surface area contributed by atoms with Crippen LogP contribution >= 0.6 is 0 Å². The lowest BCUT2D eigenvalue weighted by Crippen LogP contribution is -2.41. The number of guanidine groups is 2. The van der Waals surface area contributed by atoms with E-state index in [4.69, 9.17) is 11.5 Å². The molecule has 1 aromatic rings. The fourth-order valence-corrected chi connectivity index (χ4v) is 1.58. The second-order valence-corrected chi connectivity index (χ2v) is 4.91. The van der Waals surface area contributed by atoms with Crippen molar-refractivity contribution in [2.24, 2.45) is 21.5 Å². The van der Waals surface area contributed by atoms with E-state index >= 15 is 0 Å². The molecule has 1 rings (SSSR count). The minimum Gasteiger partial charge on any atom is -0.406 e. The Bertz CT molecular complexity index is 607. The Morgan fingerprint density at radius 1 is 1.12 bits per heavy atom. The molecule has 0 bridgehead atoms. The average Bonchev–Trinajstić information content (AvgIpc) is 2.37. The molecular formula is C13H16F5N5O. The van der Waals surface area contributed by atoms with Gasteiger partial charge in [0.25, 0.3) is 5.92 Å². The number of aliphatic imine (C=N–C) groups is 2. The van der Waals surface area contributed by atoms with Gasteiger partial charge in [0.2, 0.25) is 5.96 Å². The lowest BCUT2D eigenvalue weighted by Gasteiger charge is -2.21. The maximum Gasteiger partial charge on any atom is 0.573 e. The van der Waals surface area contributed by atoms with E-state index in [0.717, 1.165) is 24.0 Å². The van der Waals surface area contributed by atoms with Crippen LogP contribution in [0.15, 0.2) is 34.3 Å². The topological polar surface area (TPSA) is 89.2 Å². The van der Waals surface area contributed by atoms with Gasteiger partial charge in [-0.1, -0.05) is 0 Å². The molecule has 0 aliphatic rings. The molecule has 0 amide bonds. The molecule has 1 aromatic carbocycles. The molecule has 0 aliphatic carbocycles. The van der Waals surface area contributed by atoms with Crippen molar-refractivity contribution in [1.82, 2.24) is 4.90 Å². The Kier molecular flexibility index (Phi) is 5.93. The predicted molar refractivity (Wildman–Crippen MR) is 79.3 cm³/mol. The highest BCUT2D eigenvalue weighted by atomic mass is 19.4. The van der Waals surface area contributed by atoms with E-state index in [1.54, 1.807) is 0 Å². The van der Waals surface area contributed by atoms with Gasteiger partial charge in [-0.15, -0.1) is 13.2 Å².